The molecule has 202 valence electrons. The van der Waals surface area contributed by atoms with Crippen molar-refractivity contribution in [2.24, 2.45) is 44.8 Å². The van der Waals surface area contributed by atoms with Crippen LogP contribution in [0.4, 0.5) is 0 Å². The van der Waals surface area contributed by atoms with Crippen LogP contribution in [0.1, 0.15) is 106 Å². The predicted molar refractivity (Wildman–Crippen MR) is 138 cm³/mol. The molecular formula is C31H48O5. The fraction of sp³-hybridized carbons (Fsp3) is 0.903. The highest BCUT2D eigenvalue weighted by molar-refractivity contribution is 6.00. The Labute approximate surface area is 217 Å². The van der Waals surface area contributed by atoms with Gasteiger partial charge < -0.3 is 20.1 Å². The lowest BCUT2D eigenvalue weighted by molar-refractivity contribution is -0.191. The van der Waals surface area contributed by atoms with Crippen LogP contribution in [0.15, 0.2) is 11.8 Å². The number of hydrogen-bond acceptors (Lipinski definition) is 5. The van der Waals surface area contributed by atoms with Gasteiger partial charge in [-0.2, -0.15) is 0 Å². The average Bonchev–Trinajstić information content (AvgIpc) is 3.15. The Morgan fingerprint density at radius 1 is 0.944 bits per heavy atom. The molecule has 5 saturated carbocycles. The molecule has 0 aromatic heterocycles. The maximum atomic E-state index is 13.2. The van der Waals surface area contributed by atoms with Crippen molar-refractivity contribution in [2.45, 2.75) is 130 Å². The summed E-state index contributed by atoms with van der Waals surface area (Å²) < 4.78 is 6.67. The number of Topliss-reactive ketones (excluding diaryl/α,β-unsaturated/α-hetero) is 1. The van der Waals surface area contributed by atoms with Crippen molar-refractivity contribution in [3.63, 3.8) is 0 Å². The lowest BCUT2D eigenvalue weighted by Crippen LogP contribution is -2.59. The summed E-state index contributed by atoms with van der Waals surface area (Å²) in [6, 6.07) is 0. The van der Waals surface area contributed by atoms with E-state index in [-0.39, 0.29) is 39.5 Å². The molecule has 0 bridgehead atoms. The number of rotatable bonds is 2. The van der Waals surface area contributed by atoms with Crippen LogP contribution in [-0.4, -0.2) is 44.5 Å². The van der Waals surface area contributed by atoms with Crippen LogP contribution in [0.25, 0.3) is 0 Å². The standard InChI is InChI=1S/C31H48O5/c1-25(2)20-8-9-21-28(6)15-19(33)23(29(7)11-10-22(36-29)26(3,4)35)27(28,5)12-13-30(21)17-31(20,30)14-18(16-32)24(25)34/h16,19-23,32-33,35H,8-15,17H2,1-7H3/b18-16-/t19-,20-,21-,22-,23?,27+,28-,29+,30-,31+/m0/s1. The molecule has 1 unspecified atom stereocenters. The van der Waals surface area contributed by atoms with E-state index in [1.807, 2.05) is 13.8 Å². The number of carbonyl (C=O) groups is 1. The number of ether oxygens (including phenoxy) is 1. The number of aliphatic hydroxyl groups excluding tert-OH is 2. The average molecular weight is 501 g/mol. The Morgan fingerprint density at radius 2 is 1.61 bits per heavy atom. The molecule has 36 heavy (non-hydrogen) atoms. The van der Waals surface area contributed by atoms with Crippen LogP contribution < -0.4 is 0 Å². The van der Waals surface area contributed by atoms with Crippen molar-refractivity contribution in [2.75, 3.05) is 0 Å². The minimum Gasteiger partial charge on any atom is -0.515 e. The number of aliphatic hydroxyl groups is 3. The molecule has 1 aliphatic heterocycles. The monoisotopic (exact) mass is 500 g/mol. The molecule has 6 fully saturated rings. The summed E-state index contributed by atoms with van der Waals surface area (Å²) in [5.74, 6) is 1.07. The summed E-state index contributed by atoms with van der Waals surface area (Å²) in [5, 5.41) is 32.4. The zero-order valence-corrected chi connectivity index (χ0v) is 23.5. The van der Waals surface area contributed by atoms with Gasteiger partial charge in [0.05, 0.1) is 29.7 Å². The lowest BCUT2D eigenvalue weighted by atomic mass is 9.41. The van der Waals surface area contributed by atoms with Crippen molar-refractivity contribution < 1.29 is 24.9 Å². The third-order valence-electron chi connectivity index (χ3n) is 13.6. The van der Waals surface area contributed by atoms with Crippen LogP contribution in [0.3, 0.4) is 0 Å². The molecule has 0 radical (unpaired) electrons. The van der Waals surface area contributed by atoms with Crippen LogP contribution in [0, 0.1) is 44.8 Å². The van der Waals surface area contributed by atoms with Gasteiger partial charge in [-0.05, 0) is 112 Å². The molecule has 6 aliphatic rings. The van der Waals surface area contributed by atoms with Crippen LogP contribution in [0.5, 0.6) is 0 Å². The zero-order valence-electron chi connectivity index (χ0n) is 23.5. The second-order valence-electron chi connectivity index (χ2n) is 15.7. The maximum Gasteiger partial charge on any atom is 0.167 e. The fourth-order valence-electron chi connectivity index (χ4n) is 12.0. The fourth-order valence-corrected chi connectivity index (χ4v) is 12.0. The number of allylic oxidation sites excluding steroid dienone is 1. The molecule has 6 rings (SSSR count). The first-order valence-electron chi connectivity index (χ1n) is 14.5. The van der Waals surface area contributed by atoms with E-state index in [4.69, 9.17) is 4.74 Å². The molecule has 1 heterocycles. The van der Waals surface area contributed by atoms with E-state index < -0.39 is 22.7 Å². The van der Waals surface area contributed by atoms with Crippen molar-refractivity contribution in [3.05, 3.63) is 11.8 Å². The molecule has 0 aromatic rings. The molecular weight excluding hydrogens is 452 g/mol. The summed E-state index contributed by atoms with van der Waals surface area (Å²) >= 11 is 0. The van der Waals surface area contributed by atoms with E-state index in [9.17, 15) is 20.1 Å². The third kappa shape index (κ3) is 2.71. The second kappa shape index (κ2) is 6.99. The van der Waals surface area contributed by atoms with E-state index in [1.54, 1.807) is 0 Å². The molecule has 2 spiro atoms. The minimum absolute atomic E-state index is 0.00230. The van der Waals surface area contributed by atoms with Gasteiger partial charge in [0.1, 0.15) is 0 Å². The normalized spacial score (nSPS) is 56.6. The minimum atomic E-state index is -0.885. The third-order valence-corrected chi connectivity index (χ3v) is 13.6. The largest absolute Gasteiger partial charge is 0.515 e. The molecule has 10 atom stereocenters. The number of carbonyl (C=O) groups excluding carboxylic acids is 1. The Balaban J connectivity index is 1.36. The van der Waals surface area contributed by atoms with E-state index in [1.165, 1.54) is 0 Å². The van der Waals surface area contributed by atoms with Gasteiger partial charge in [0, 0.05) is 16.9 Å². The molecule has 3 N–H and O–H groups in total. The van der Waals surface area contributed by atoms with Crippen LogP contribution in [-0.2, 0) is 9.53 Å². The second-order valence-corrected chi connectivity index (χ2v) is 15.7. The first kappa shape index (κ1) is 25.4. The van der Waals surface area contributed by atoms with Gasteiger partial charge in [-0.15, -0.1) is 0 Å². The molecule has 0 amide bonds. The first-order chi connectivity index (χ1) is 16.5. The van der Waals surface area contributed by atoms with Crippen LogP contribution >= 0.6 is 0 Å². The Bertz CT molecular complexity index is 1020. The highest BCUT2D eigenvalue weighted by atomic mass is 16.5. The maximum absolute atomic E-state index is 13.2. The van der Waals surface area contributed by atoms with Gasteiger partial charge in [-0.3, -0.25) is 4.79 Å². The van der Waals surface area contributed by atoms with Crippen molar-refractivity contribution in [1.82, 2.24) is 0 Å². The highest BCUT2D eigenvalue weighted by Crippen LogP contribution is 2.89. The Morgan fingerprint density at radius 3 is 2.22 bits per heavy atom. The summed E-state index contributed by atoms with van der Waals surface area (Å²) in [5.41, 5.74) is -0.864. The number of ketones is 1. The smallest absolute Gasteiger partial charge is 0.167 e. The molecule has 1 saturated heterocycles. The van der Waals surface area contributed by atoms with E-state index >= 15 is 0 Å². The van der Waals surface area contributed by atoms with Gasteiger partial charge in [-0.25, -0.2) is 0 Å². The predicted octanol–water partition coefficient (Wildman–Crippen LogP) is 5.73. The van der Waals surface area contributed by atoms with Crippen molar-refractivity contribution in [3.8, 4) is 0 Å². The lowest BCUT2D eigenvalue weighted by Gasteiger charge is -2.63. The van der Waals surface area contributed by atoms with E-state index in [2.05, 4.69) is 34.6 Å². The topological polar surface area (TPSA) is 87.0 Å². The van der Waals surface area contributed by atoms with E-state index in [0.717, 1.165) is 64.0 Å². The summed E-state index contributed by atoms with van der Waals surface area (Å²) in [7, 11) is 0. The summed E-state index contributed by atoms with van der Waals surface area (Å²) in [6.45, 7) is 15.0. The number of hydrogen-bond donors (Lipinski definition) is 3. The van der Waals surface area contributed by atoms with Gasteiger partial charge >= 0.3 is 0 Å². The van der Waals surface area contributed by atoms with Gasteiger partial charge in [0.2, 0.25) is 0 Å². The van der Waals surface area contributed by atoms with Crippen molar-refractivity contribution >= 4 is 5.78 Å². The van der Waals surface area contributed by atoms with Gasteiger partial charge in [-0.1, -0.05) is 27.7 Å². The first-order valence-corrected chi connectivity index (χ1v) is 14.5. The van der Waals surface area contributed by atoms with E-state index in [0.29, 0.717) is 17.4 Å². The summed E-state index contributed by atoms with van der Waals surface area (Å²) in [4.78, 5) is 13.2. The SMILES string of the molecule is CC(C)(O)[C@@H]1CC[C@](C)(C2[C@@H](O)C[C@@]3(C)[C@@H]4CC[C@H]5C(C)(C)C(=O)/C(=C\O)C[C@@]56C[C@@]46CC[C@]23C)O1. The van der Waals surface area contributed by atoms with Gasteiger partial charge in [0.25, 0.3) is 0 Å². The summed E-state index contributed by atoms with van der Waals surface area (Å²) in [6.07, 6.45) is 9.26. The Kier molecular flexibility index (Phi) is 4.92. The van der Waals surface area contributed by atoms with Crippen LogP contribution in [0.2, 0.25) is 0 Å². The molecule has 5 heteroatoms. The molecule has 5 nitrogen and oxygen atoms in total. The highest BCUT2D eigenvalue weighted by Gasteiger charge is 2.84. The Hall–Kier alpha value is -0.910. The van der Waals surface area contributed by atoms with Crippen molar-refractivity contribution in [1.29, 1.82) is 0 Å². The quantitative estimate of drug-likeness (QED) is 0.333. The zero-order chi connectivity index (χ0) is 26.3. The van der Waals surface area contributed by atoms with Gasteiger partial charge in [0.15, 0.2) is 5.78 Å². The number of fused-ring (bicyclic) bond motifs is 2. The molecule has 5 aliphatic carbocycles. The molecule has 0 aromatic carbocycles.